The van der Waals surface area contributed by atoms with Crippen LogP contribution in [-0.2, 0) is 19.1 Å². The van der Waals surface area contributed by atoms with Crippen molar-refractivity contribution in [1.29, 1.82) is 0 Å². The number of amides is 1. The molecule has 19 heavy (non-hydrogen) atoms. The van der Waals surface area contributed by atoms with Crippen LogP contribution in [0.1, 0.15) is 13.8 Å². The summed E-state index contributed by atoms with van der Waals surface area (Å²) < 4.78 is 10.1. The molecule has 1 aromatic rings. The number of esters is 1. The van der Waals surface area contributed by atoms with E-state index >= 15 is 0 Å². The predicted octanol–water partition coefficient (Wildman–Crippen LogP) is 1.59. The van der Waals surface area contributed by atoms with Gasteiger partial charge in [-0.05, 0) is 18.1 Å². The van der Waals surface area contributed by atoms with E-state index in [0.717, 1.165) is 0 Å². The molecule has 1 saturated heterocycles. The molecule has 0 saturated carbocycles. The van der Waals surface area contributed by atoms with Crippen LogP contribution in [0.25, 0.3) is 0 Å². The van der Waals surface area contributed by atoms with Gasteiger partial charge in [-0.3, -0.25) is 4.79 Å². The van der Waals surface area contributed by atoms with Gasteiger partial charge < -0.3 is 14.8 Å². The van der Waals surface area contributed by atoms with Crippen LogP contribution in [-0.4, -0.2) is 30.7 Å². The van der Waals surface area contributed by atoms with Crippen molar-refractivity contribution in [3.8, 4) is 0 Å². The van der Waals surface area contributed by atoms with E-state index in [9.17, 15) is 9.59 Å². The number of epoxide rings is 1. The number of rotatable bonds is 5. The van der Waals surface area contributed by atoms with Crippen molar-refractivity contribution >= 4 is 17.6 Å². The maximum absolute atomic E-state index is 11.8. The normalized spacial score (nSPS) is 21.0. The standard InChI is InChI=1S/C14H17NO4/c1-9(2)8-18-14(17)12-11(19-12)13(16)15-10-6-4-3-5-7-10/h3-7,9,11-12H,8H2,1-2H3,(H,15,16). The van der Waals surface area contributed by atoms with E-state index in [0.29, 0.717) is 12.3 Å². The molecule has 1 aliphatic heterocycles. The Morgan fingerprint density at radius 1 is 1.26 bits per heavy atom. The number of hydrogen-bond donors (Lipinski definition) is 1. The Hall–Kier alpha value is -1.88. The minimum atomic E-state index is -0.762. The number of anilines is 1. The molecule has 0 radical (unpaired) electrons. The van der Waals surface area contributed by atoms with Gasteiger partial charge in [-0.15, -0.1) is 0 Å². The molecule has 5 nitrogen and oxygen atoms in total. The zero-order chi connectivity index (χ0) is 13.8. The van der Waals surface area contributed by atoms with Gasteiger partial charge in [0.15, 0.2) is 12.2 Å². The van der Waals surface area contributed by atoms with E-state index in [-0.39, 0.29) is 11.8 Å². The minimum absolute atomic E-state index is 0.263. The molecule has 1 aromatic carbocycles. The maximum Gasteiger partial charge on any atom is 0.338 e. The summed E-state index contributed by atoms with van der Waals surface area (Å²) in [4.78, 5) is 23.3. The van der Waals surface area contributed by atoms with Crippen LogP contribution in [0.15, 0.2) is 30.3 Å². The summed E-state index contributed by atoms with van der Waals surface area (Å²) in [5, 5.41) is 2.68. The predicted molar refractivity (Wildman–Crippen MR) is 69.5 cm³/mol. The van der Waals surface area contributed by atoms with Crippen molar-refractivity contribution in [3.63, 3.8) is 0 Å². The van der Waals surface area contributed by atoms with E-state index in [1.807, 2.05) is 32.0 Å². The first kappa shape index (κ1) is 13.5. The third-order valence-corrected chi connectivity index (χ3v) is 2.58. The Labute approximate surface area is 111 Å². The topological polar surface area (TPSA) is 67.9 Å². The van der Waals surface area contributed by atoms with Crippen LogP contribution in [0.3, 0.4) is 0 Å². The van der Waals surface area contributed by atoms with Gasteiger partial charge in [0.1, 0.15) is 0 Å². The highest BCUT2D eigenvalue weighted by Crippen LogP contribution is 2.25. The number of carbonyl (C=O) groups excluding carboxylic acids is 2. The third kappa shape index (κ3) is 3.79. The third-order valence-electron chi connectivity index (χ3n) is 2.58. The average Bonchev–Trinajstić information content (AvgIpc) is 3.17. The lowest BCUT2D eigenvalue weighted by atomic mass is 10.2. The van der Waals surface area contributed by atoms with Gasteiger partial charge in [-0.2, -0.15) is 0 Å². The molecule has 1 heterocycles. The first-order valence-electron chi connectivity index (χ1n) is 6.26. The molecular weight excluding hydrogens is 246 g/mol. The zero-order valence-corrected chi connectivity index (χ0v) is 11.0. The summed E-state index contributed by atoms with van der Waals surface area (Å²) in [5.41, 5.74) is 0.678. The minimum Gasteiger partial charge on any atom is -0.463 e. The fourth-order valence-corrected chi connectivity index (χ4v) is 1.56. The first-order chi connectivity index (χ1) is 9.08. The Morgan fingerprint density at radius 2 is 1.95 bits per heavy atom. The van der Waals surface area contributed by atoms with Gasteiger partial charge in [0.2, 0.25) is 0 Å². The summed E-state index contributed by atoms with van der Waals surface area (Å²) in [6.45, 7) is 4.23. The van der Waals surface area contributed by atoms with Crippen molar-refractivity contribution in [2.24, 2.45) is 5.92 Å². The van der Waals surface area contributed by atoms with Gasteiger partial charge >= 0.3 is 5.97 Å². The summed E-state index contributed by atoms with van der Waals surface area (Å²) >= 11 is 0. The molecule has 1 amide bonds. The van der Waals surface area contributed by atoms with E-state index in [1.54, 1.807) is 12.1 Å². The Kier molecular flexibility index (Phi) is 4.16. The van der Waals surface area contributed by atoms with E-state index in [4.69, 9.17) is 9.47 Å². The second-order valence-corrected chi connectivity index (χ2v) is 4.86. The monoisotopic (exact) mass is 263 g/mol. The van der Waals surface area contributed by atoms with Crippen LogP contribution < -0.4 is 5.32 Å². The second-order valence-electron chi connectivity index (χ2n) is 4.86. The molecule has 2 unspecified atom stereocenters. The molecule has 0 aromatic heterocycles. The van der Waals surface area contributed by atoms with Crippen LogP contribution in [0.4, 0.5) is 5.69 Å². The van der Waals surface area contributed by atoms with Crippen LogP contribution in [0.2, 0.25) is 0 Å². The van der Waals surface area contributed by atoms with E-state index in [2.05, 4.69) is 5.32 Å². The number of ether oxygens (including phenoxy) is 2. The van der Waals surface area contributed by atoms with Gasteiger partial charge in [-0.25, -0.2) is 4.79 Å². The molecule has 2 atom stereocenters. The Morgan fingerprint density at radius 3 is 2.58 bits per heavy atom. The molecular formula is C14H17NO4. The smallest absolute Gasteiger partial charge is 0.338 e. The van der Waals surface area contributed by atoms with Gasteiger partial charge in [0, 0.05) is 5.69 Å². The fraction of sp³-hybridized carbons (Fsp3) is 0.429. The van der Waals surface area contributed by atoms with Crippen molar-refractivity contribution < 1.29 is 19.1 Å². The fourth-order valence-electron chi connectivity index (χ4n) is 1.56. The van der Waals surface area contributed by atoms with E-state index < -0.39 is 18.2 Å². The molecule has 5 heteroatoms. The number of hydrogen-bond acceptors (Lipinski definition) is 4. The molecule has 0 aliphatic carbocycles. The zero-order valence-electron chi connectivity index (χ0n) is 11.0. The number of para-hydroxylation sites is 1. The van der Waals surface area contributed by atoms with Gasteiger partial charge in [0.25, 0.3) is 5.91 Å². The highest BCUT2D eigenvalue weighted by molar-refractivity contribution is 6.00. The number of nitrogens with one attached hydrogen (secondary N) is 1. The average molecular weight is 263 g/mol. The summed E-state index contributed by atoms with van der Waals surface area (Å²) in [5.74, 6) is -0.529. The summed E-state index contributed by atoms with van der Waals surface area (Å²) in [6.07, 6.45) is -1.50. The van der Waals surface area contributed by atoms with E-state index in [1.165, 1.54) is 0 Å². The second kappa shape index (κ2) is 5.84. The lowest BCUT2D eigenvalue weighted by Crippen LogP contribution is -2.24. The lowest BCUT2D eigenvalue weighted by Gasteiger charge is -2.05. The number of carbonyl (C=O) groups is 2. The molecule has 1 aliphatic rings. The van der Waals surface area contributed by atoms with Gasteiger partial charge in [-0.1, -0.05) is 32.0 Å². The highest BCUT2D eigenvalue weighted by Gasteiger charge is 2.51. The van der Waals surface area contributed by atoms with Crippen molar-refractivity contribution in [1.82, 2.24) is 0 Å². The summed E-state index contributed by atoms with van der Waals surface area (Å²) in [7, 11) is 0. The molecule has 102 valence electrons. The van der Waals surface area contributed by atoms with Gasteiger partial charge in [0.05, 0.1) is 6.61 Å². The van der Waals surface area contributed by atoms with Crippen LogP contribution in [0, 0.1) is 5.92 Å². The lowest BCUT2D eigenvalue weighted by molar-refractivity contribution is -0.146. The van der Waals surface area contributed by atoms with Crippen LogP contribution >= 0.6 is 0 Å². The Bertz CT molecular complexity index is 458. The number of benzene rings is 1. The summed E-state index contributed by atoms with van der Waals surface area (Å²) in [6, 6.07) is 9.03. The van der Waals surface area contributed by atoms with Crippen molar-refractivity contribution in [3.05, 3.63) is 30.3 Å². The largest absolute Gasteiger partial charge is 0.463 e. The van der Waals surface area contributed by atoms with Crippen molar-refractivity contribution in [2.45, 2.75) is 26.1 Å². The molecule has 1 N–H and O–H groups in total. The highest BCUT2D eigenvalue weighted by atomic mass is 16.6. The SMILES string of the molecule is CC(C)COC(=O)C1OC1C(=O)Nc1ccccc1. The van der Waals surface area contributed by atoms with Crippen LogP contribution in [0.5, 0.6) is 0 Å². The molecule has 2 rings (SSSR count). The van der Waals surface area contributed by atoms with Crippen molar-refractivity contribution in [2.75, 3.05) is 11.9 Å². The maximum atomic E-state index is 11.8. The Balaban J connectivity index is 1.79. The molecule has 0 spiro atoms. The quantitative estimate of drug-likeness (QED) is 0.647. The molecule has 1 fully saturated rings. The first-order valence-corrected chi connectivity index (χ1v) is 6.26. The molecule has 0 bridgehead atoms.